The van der Waals surface area contributed by atoms with Gasteiger partial charge in [-0.3, -0.25) is 4.79 Å². The maximum Gasteiger partial charge on any atom is 0.264 e. The number of carbonyl (C=O) groups excluding carboxylic acids is 1. The third kappa shape index (κ3) is 4.90. The van der Waals surface area contributed by atoms with E-state index in [1.54, 1.807) is 28.8 Å². The number of amides is 1. The highest BCUT2D eigenvalue weighted by Gasteiger charge is 2.27. The third-order valence-corrected chi connectivity index (χ3v) is 7.87. The lowest BCUT2D eigenvalue weighted by atomic mass is 10.0. The van der Waals surface area contributed by atoms with Crippen LogP contribution in [0, 0.1) is 0 Å². The average molecular weight is 476 g/mol. The summed E-state index contributed by atoms with van der Waals surface area (Å²) in [6, 6.07) is 14.5. The average Bonchev–Trinajstić information content (AvgIpc) is 3.31. The molecule has 164 valence electrons. The van der Waals surface area contributed by atoms with Crippen LogP contribution in [0.15, 0.2) is 47.4 Å². The molecule has 2 atom stereocenters. The van der Waals surface area contributed by atoms with E-state index < -0.39 is 0 Å². The molecular weight excluding hydrogens is 449 g/mol. The van der Waals surface area contributed by atoms with Gasteiger partial charge in [0.1, 0.15) is 0 Å². The van der Waals surface area contributed by atoms with Crippen molar-refractivity contribution in [3.8, 4) is 0 Å². The fraction of sp³-hybridized carbons (Fsp3) is 0.375. The number of nitrogens with one attached hydrogen (secondary N) is 1. The molecular formula is C24H27Cl2N3OS. The van der Waals surface area contributed by atoms with Gasteiger partial charge in [0.2, 0.25) is 0 Å². The molecule has 2 unspecified atom stereocenters. The predicted octanol–water partition coefficient (Wildman–Crippen LogP) is 5.69. The Morgan fingerprint density at radius 3 is 2.77 bits per heavy atom. The van der Waals surface area contributed by atoms with E-state index in [9.17, 15) is 4.79 Å². The van der Waals surface area contributed by atoms with Crippen LogP contribution < -0.4 is 15.1 Å². The predicted molar refractivity (Wildman–Crippen MR) is 135 cm³/mol. The Labute approximate surface area is 198 Å². The number of halogens is 2. The standard InChI is InChI=1S/C24H27Cl2N3OS/c1-16(21-7-5-11-27-21)28(2)22-8-4-3-6-17(22)14-23-24(30)29(12-13-31-23)18-9-10-19(25)20(26)15-18/h3-4,6,8-10,14-16,21,27H,5,7,11-13H2,1-2H3/b23-14-. The Balaban J connectivity index is 1.60. The van der Waals surface area contributed by atoms with Crippen LogP contribution in [0.3, 0.4) is 0 Å². The molecule has 4 nitrogen and oxygen atoms in total. The maximum atomic E-state index is 13.3. The summed E-state index contributed by atoms with van der Waals surface area (Å²) < 4.78 is 0. The van der Waals surface area contributed by atoms with Gasteiger partial charge in [-0.05, 0) is 62.2 Å². The number of hydrogen-bond donors (Lipinski definition) is 1. The van der Waals surface area contributed by atoms with Crippen molar-refractivity contribution in [3.05, 3.63) is 63.0 Å². The second kappa shape index (κ2) is 9.86. The molecule has 7 heteroatoms. The lowest BCUT2D eigenvalue weighted by Gasteiger charge is -2.33. The van der Waals surface area contributed by atoms with Crippen LogP contribution in [-0.4, -0.2) is 43.9 Å². The van der Waals surface area contributed by atoms with Crippen LogP contribution in [0.25, 0.3) is 6.08 Å². The maximum absolute atomic E-state index is 13.3. The molecule has 2 fully saturated rings. The first-order valence-corrected chi connectivity index (χ1v) is 12.4. The molecule has 2 saturated heterocycles. The van der Waals surface area contributed by atoms with Gasteiger partial charge in [0.15, 0.2) is 0 Å². The summed E-state index contributed by atoms with van der Waals surface area (Å²) in [5, 5.41) is 4.55. The molecule has 0 aromatic heterocycles. The van der Waals surface area contributed by atoms with Crippen LogP contribution >= 0.6 is 35.0 Å². The van der Waals surface area contributed by atoms with Gasteiger partial charge in [-0.15, -0.1) is 11.8 Å². The first-order chi connectivity index (χ1) is 15.0. The van der Waals surface area contributed by atoms with E-state index in [-0.39, 0.29) is 5.91 Å². The lowest BCUT2D eigenvalue weighted by molar-refractivity contribution is -0.114. The normalized spacial score (nSPS) is 21.5. The lowest BCUT2D eigenvalue weighted by Crippen LogP contribution is -2.44. The smallest absolute Gasteiger partial charge is 0.264 e. The van der Waals surface area contributed by atoms with Crippen molar-refractivity contribution in [1.82, 2.24) is 5.32 Å². The third-order valence-electron chi connectivity index (χ3n) is 6.14. The highest BCUT2D eigenvalue weighted by atomic mass is 35.5. The van der Waals surface area contributed by atoms with Crippen LogP contribution in [0.4, 0.5) is 11.4 Å². The minimum absolute atomic E-state index is 0.00222. The molecule has 0 bridgehead atoms. The van der Waals surface area contributed by atoms with Crippen LogP contribution in [-0.2, 0) is 4.79 Å². The number of nitrogens with zero attached hydrogens (tertiary/aromatic N) is 2. The molecule has 2 heterocycles. The molecule has 31 heavy (non-hydrogen) atoms. The van der Waals surface area contributed by atoms with Crippen molar-refractivity contribution in [2.45, 2.75) is 31.8 Å². The molecule has 2 aromatic carbocycles. The molecule has 2 aromatic rings. The number of anilines is 2. The van der Waals surface area contributed by atoms with Crippen molar-refractivity contribution >= 4 is 58.3 Å². The Morgan fingerprint density at radius 1 is 1.23 bits per heavy atom. The van der Waals surface area contributed by atoms with Crippen LogP contribution in [0.5, 0.6) is 0 Å². The van der Waals surface area contributed by atoms with Gasteiger partial charge in [-0.1, -0.05) is 41.4 Å². The van der Waals surface area contributed by atoms with Crippen molar-refractivity contribution in [2.75, 3.05) is 35.7 Å². The van der Waals surface area contributed by atoms with Gasteiger partial charge >= 0.3 is 0 Å². The zero-order chi connectivity index (χ0) is 22.0. The first kappa shape index (κ1) is 22.5. The zero-order valence-electron chi connectivity index (χ0n) is 17.8. The van der Waals surface area contributed by atoms with Crippen molar-refractivity contribution in [3.63, 3.8) is 0 Å². The molecule has 4 rings (SSSR count). The minimum Gasteiger partial charge on any atom is -0.370 e. The largest absolute Gasteiger partial charge is 0.370 e. The molecule has 1 N–H and O–H groups in total. The van der Waals surface area contributed by atoms with Gasteiger partial charge in [0.05, 0.1) is 15.0 Å². The number of hydrogen-bond acceptors (Lipinski definition) is 4. The highest BCUT2D eigenvalue weighted by Crippen LogP contribution is 2.34. The number of carbonyl (C=O) groups is 1. The molecule has 2 aliphatic rings. The molecule has 1 amide bonds. The fourth-order valence-corrected chi connectivity index (χ4v) is 5.46. The Hall–Kier alpha value is -1.66. The van der Waals surface area contributed by atoms with Gasteiger partial charge < -0.3 is 15.1 Å². The van der Waals surface area contributed by atoms with E-state index in [0.29, 0.717) is 28.7 Å². The first-order valence-electron chi connectivity index (χ1n) is 10.6. The highest BCUT2D eigenvalue weighted by molar-refractivity contribution is 8.04. The SMILES string of the molecule is CC(C1CCCN1)N(C)c1ccccc1/C=C1\SCCN(c2ccc(Cl)c(Cl)c2)C1=O. The summed E-state index contributed by atoms with van der Waals surface area (Å²) in [7, 11) is 2.14. The Kier molecular flexibility index (Phi) is 7.17. The summed E-state index contributed by atoms with van der Waals surface area (Å²) in [6.07, 6.45) is 4.45. The number of rotatable bonds is 5. The molecule has 0 radical (unpaired) electrons. The molecule has 0 saturated carbocycles. The number of thioether (sulfide) groups is 1. The summed E-state index contributed by atoms with van der Waals surface area (Å²) in [6.45, 7) is 3.99. The van der Waals surface area contributed by atoms with Gasteiger partial charge in [0, 0.05) is 42.8 Å². The quantitative estimate of drug-likeness (QED) is 0.563. The zero-order valence-corrected chi connectivity index (χ0v) is 20.1. The van der Waals surface area contributed by atoms with Gasteiger partial charge in [-0.2, -0.15) is 0 Å². The van der Waals surface area contributed by atoms with Crippen molar-refractivity contribution in [2.24, 2.45) is 0 Å². The van der Waals surface area contributed by atoms with Crippen LogP contribution in [0.2, 0.25) is 10.0 Å². The molecule has 2 aliphatic heterocycles. The van der Waals surface area contributed by atoms with Crippen LogP contribution in [0.1, 0.15) is 25.3 Å². The summed E-state index contributed by atoms with van der Waals surface area (Å²) in [4.78, 5) is 18.1. The number of para-hydroxylation sites is 1. The van der Waals surface area contributed by atoms with E-state index in [1.165, 1.54) is 12.8 Å². The van der Waals surface area contributed by atoms with Crippen molar-refractivity contribution in [1.29, 1.82) is 0 Å². The summed E-state index contributed by atoms with van der Waals surface area (Å²) >= 11 is 13.8. The fourth-order valence-electron chi connectivity index (χ4n) is 4.23. The number of benzene rings is 2. The van der Waals surface area contributed by atoms with Gasteiger partial charge in [-0.25, -0.2) is 0 Å². The second-order valence-corrected chi connectivity index (χ2v) is 9.98. The monoisotopic (exact) mass is 475 g/mol. The van der Waals surface area contributed by atoms with E-state index in [4.69, 9.17) is 23.2 Å². The van der Waals surface area contributed by atoms with Gasteiger partial charge in [0.25, 0.3) is 5.91 Å². The van der Waals surface area contributed by atoms with E-state index in [1.807, 2.05) is 18.2 Å². The minimum atomic E-state index is -0.00222. The van der Waals surface area contributed by atoms with E-state index in [2.05, 4.69) is 42.4 Å². The molecule has 0 aliphatic carbocycles. The Bertz CT molecular complexity index is 991. The Morgan fingerprint density at radius 2 is 2.03 bits per heavy atom. The van der Waals surface area contributed by atoms with E-state index >= 15 is 0 Å². The second-order valence-electron chi connectivity index (χ2n) is 8.03. The van der Waals surface area contributed by atoms with Crippen molar-refractivity contribution < 1.29 is 4.79 Å². The summed E-state index contributed by atoms with van der Waals surface area (Å²) in [5.74, 6) is 0.829. The number of likely N-dealkylation sites (N-methyl/N-ethyl adjacent to an activating group) is 1. The topological polar surface area (TPSA) is 35.6 Å². The molecule has 0 spiro atoms. The summed E-state index contributed by atoms with van der Waals surface area (Å²) in [5.41, 5.74) is 2.97. The van der Waals surface area contributed by atoms with E-state index in [0.717, 1.165) is 34.1 Å².